The molecule has 0 saturated carbocycles. The van der Waals surface area contributed by atoms with E-state index in [2.05, 4.69) is 34.1 Å². The van der Waals surface area contributed by atoms with Crippen LogP contribution < -0.4 is 10.6 Å². The van der Waals surface area contributed by atoms with Crippen LogP contribution in [-0.2, 0) is 24.1 Å². The van der Waals surface area contributed by atoms with E-state index in [1.54, 1.807) is 18.3 Å². The van der Waals surface area contributed by atoms with E-state index >= 15 is 0 Å². The van der Waals surface area contributed by atoms with Crippen molar-refractivity contribution in [3.05, 3.63) is 88.2 Å². The zero-order chi connectivity index (χ0) is 29.0. The Labute approximate surface area is 247 Å². The van der Waals surface area contributed by atoms with Gasteiger partial charge in [-0.2, -0.15) is 0 Å². The summed E-state index contributed by atoms with van der Waals surface area (Å²) >= 11 is 5.99. The number of unbranched alkanes of at least 4 members (excludes halogenated alkanes) is 2. The van der Waals surface area contributed by atoms with E-state index in [1.165, 1.54) is 10.5 Å². The van der Waals surface area contributed by atoms with Gasteiger partial charge in [-0.15, -0.1) is 0 Å². The number of aryl methyl sites for hydroxylation is 1. The number of nitrogens with zero attached hydrogens (tertiary/aromatic N) is 4. The maximum absolute atomic E-state index is 13.7. The van der Waals surface area contributed by atoms with Gasteiger partial charge >= 0.3 is 5.97 Å². The number of piperidine rings is 1. The van der Waals surface area contributed by atoms with Gasteiger partial charge < -0.3 is 20.6 Å². The second-order valence-electron chi connectivity index (χ2n) is 10.7. The first-order valence-electron chi connectivity index (χ1n) is 14.5. The third kappa shape index (κ3) is 9.26. The molecule has 0 aliphatic carbocycles. The van der Waals surface area contributed by atoms with Crippen LogP contribution in [0.5, 0.6) is 0 Å². The van der Waals surface area contributed by atoms with Crippen LogP contribution in [0.15, 0.2) is 60.8 Å². The molecule has 3 N–H and O–H groups in total. The largest absolute Gasteiger partial charge is 0.480 e. The number of carboxylic acid groups (broad SMARTS) is 1. The number of aliphatic carboxylic acids is 1. The van der Waals surface area contributed by atoms with Crippen molar-refractivity contribution in [1.82, 2.24) is 14.9 Å². The monoisotopic (exact) mass is 577 g/mol. The lowest BCUT2D eigenvalue weighted by Gasteiger charge is -2.32. The fourth-order valence-electron chi connectivity index (χ4n) is 5.33. The average Bonchev–Trinajstić information content (AvgIpc) is 2.98. The molecule has 1 fully saturated rings. The molecule has 0 radical (unpaired) electrons. The van der Waals surface area contributed by atoms with Gasteiger partial charge in [-0.1, -0.05) is 60.5 Å². The van der Waals surface area contributed by atoms with Gasteiger partial charge in [-0.05, 0) is 80.7 Å². The smallest absolute Gasteiger partial charge is 0.323 e. The highest BCUT2D eigenvalue weighted by molar-refractivity contribution is 6.30. The van der Waals surface area contributed by atoms with E-state index < -0.39 is 12.5 Å². The van der Waals surface area contributed by atoms with Gasteiger partial charge in [-0.25, -0.2) is 9.97 Å². The minimum atomic E-state index is -1.06. The minimum Gasteiger partial charge on any atom is -0.480 e. The summed E-state index contributed by atoms with van der Waals surface area (Å²) in [5.41, 5.74) is 9.07. The molecule has 2 aromatic carbocycles. The van der Waals surface area contributed by atoms with E-state index in [-0.39, 0.29) is 12.5 Å². The lowest BCUT2D eigenvalue weighted by Crippen LogP contribution is -2.38. The average molecular weight is 578 g/mol. The highest BCUT2D eigenvalue weighted by Gasteiger charge is 2.26. The Morgan fingerprint density at radius 2 is 1.71 bits per heavy atom. The second kappa shape index (κ2) is 15.5. The summed E-state index contributed by atoms with van der Waals surface area (Å²) in [6.45, 7) is 2.22. The molecule has 1 aliphatic heterocycles. The number of benzene rings is 2. The van der Waals surface area contributed by atoms with Crippen LogP contribution in [0, 0.1) is 5.92 Å². The molecule has 1 aliphatic rings. The van der Waals surface area contributed by atoms with E-state index in [4.69, 9.17) is 22.3 Å². The van der Waals surface area contributed by atoms with Crippen molar-refractivity contribution in [1.29, 1.82) is 0 Å². The number of carbonyl (C=O) groups excluding carboxylic acids is 1. The van der Waals surface area contributed by atoms with Crippen molar-refractivity contribution in [2.45, 2.75) is 51.4 Å². The quantitative estimate of drug-likeness (QED) is 0.258. The lowest BCUT2D eigenvalue weighted by atomic mass is 9.90. The number of carbonyl (C=O) groups is 2. The summed E-state index contributed by atoms with van der Waals surface area (Å²) in [7, 11) is 0. The summed E-state index contributed by atoms with van der Waals surface area (Å²) in [4.78, 5) is 38.4. The molecule has 218 valence electrons. The number of anilines is 1. The number of nitrogens with two attached hydrogens (primary N) is 1. The van der Waals surface area contributed by atoms with Gasteiger partial charge in [0.15, 0.2) is 0 Å². The van der Waals surface area contributed by atoms with E-state index in [0.717, 1.165) is 57.2 Å². The van der Waals surface area contributed by atoms with Gasteiger partial charge in [0.2, 0.25) is 5.95 Å². The number of hydrogen-bond donors (Lipinski definition) is 2. The van der Waals surface area contributed by atoms with Crippen LogP contribution >= 0.6 is 11.6 Å². The van der Waals surface area contributed by atoms with Gasteiger partial charge in [0.25, 0.3) is 5.91 Å². The van der Waals surface area contributed by atoms with Crippen molar-refractivity contribution in [2.75, 3.05) is 37.6 Å². The van der Waals surface area contributed by atoms with Crippen molar-refractivity contribution in [2.24, 2.45) is 11.7 Å². The SMILES string of the molecule is NCCCCCc1nc(N2CCC(Cc3ccccc3)CC2)ncc1C(=O)N(CCc1ccc(Cl)cc1)CC(=O)O. The Balaban J connectivity index is 1.48. The number of halogens is 1. The Hall–Kier alpha value is -3.49. The molecular formula is C32H40ClN5O3. The molecular weight excluding hydrogens is 538 g/mol. The molecule has 0 unspecified atom stereocenters. The summed E-state index contributed by atoms with van der Waals surface area (Å²) < 4.78 is 0. The summed E-state index contributed by atoms with van der Waals surface area (Å²) in [5.74, 6) is -0.159. The van der Waals surface area contributed by atoms with E-state index in [0.29, 0.717) is 47.5 Å². The molecule has 1 saturated heterocycles. The normalized spacial score (nSPS) is 13.8. The molecule has 41 heavy (non-hydrogen) atoms. The molecule has 0 bridgehead atoms. The fraction of sp³-hybridized carbons (Fsp3) is 0.438. The number of aromatic nitrogens is 2. The number of carboxylic acids is 1. The van der Waals surface area contributed by atoms with E-state index in [9.17, 15) is 14.7 Å². The molecule has 1 aromatic heterocycles. The van der Waals surface area contributed by atoms with Crippen molar-refractivity contribution in [3.63, 3.8) is 0 Å². The maximum Gasteiger partial charge on any atom is 0.323 e. The second-order valence-corrected chi connectivity index (χ2v) is 11.2. The molecule has 8 nitrogen and oxygen atoms in total. The van der Waals surface area contributed by atoms with Gasteiger partial charge in [0.1, 0.15) is 6.54 Å². The van der Waals surface area contributed by atoms with Crippen LogP contribution in [0.2, 0.25) is 5.02 Å². The highest BCUT2D eigenvalue weighted by Crippen LogP contribution is 2.25. The standard InChI is InChI=1S/C32H40ClN5O3/c33-27-12-10-24(11-13-27)14-20-38(23-30(39)40)31(41)28-22-35-32(36-29(28)9-5-2-6-17-34)37-18-15-26(16-19-37)21-25-7-3-1-4-8-25/h1,3-4,7-8,10-13,22,26H,2,5-6,9,14-21,23,34H2,(H,39,40). The Bertz CT molecular complexity index is 1260. The van der Waals surface area contributed by atoms with Gasteiger partial charge in [0, 0.05) is 30.9 Å². The predicted octanol–water partition coefficient (Wildman–Crippen LogP) is 5.03. The third-order valence-electron chi connectivity index (χ3n) is 7.66. The predicted molar refractivity (Wildman–Crippen MR) is 162 cm³/mol. The first-order valence-corrected chi connectivity index (χ1v) is 14.9. The molecule has 9 heteroatoms. The van der Waals surface area contributed by atoms with Crippen molar-refractivity contribution < 1.29 is 14.7 Å². The third-order valence-corrected chi connectivity index (χ3v) is 7.92. The summed E-state index contributed by atoms with van der Waals surface area (Å²) in [5, 5.41) is 10.2. The number of amides is 1. The molecule has 4 rings (SSSR count). The molecule has 2 heterocycles. The summed E-state index contributed by atoms with van der Waals surface area (Å²) in [6.07, 6.45) is 8.59. The fourth-order valence-corrected chi connectivity index (χ4v) is 5.45. The van der Waals surface area contributed by atoms with Crippen LogP contribution in [-0.4, -0.2) is 64.6 Å². The zero-order valence-corrected chi connectivity index (χ0v) is 24.3. The minimum absolute atomic E-state index is 0.260. The first-order chi connectivity index (χ1) is 19.9. The van der Waals surface area contributed by atoms with Crippen molar-refractivity contribution >= 4 is 29.4 Å². The Morgan fingerprint density at radius 1 is 0.976 bits per heavy atom. The van der Waals surface area contributed by atoms with Crippen LogP contribution in [0.1, 0.15) is 59.3 Å². The lowest BCUT2D eigenvalue weighted by molar-refractivity contribution is -0.137. The van der Waals surface area contributed by atoms with E-state index in [1.807, 2.05) is 18.2 Å². The zero-order valence-electron chi connectivity index (χ0n) is 23.6. The van der Waals surface area contributed by atoms with Crippen LogP contribution in [0.4, 0.5) is 5.95 Å². The van der Waals surface area contributed by atoms with Gasteiger partial charge in [0.05, 0.1) is 11.3 Å². The van der Waals surface area contributed by atoms with Crippen LogP contribution in [0.3, 0.4) is 0 Å². The number of rotatable bonds is 14. The number of hydrogen-bond acceptors (Lipinski definition) is 6. The summed E-state index contributed by atoms with van der Waals surface area (Å²) in [6, 6.07) is 17.9. The maximum atomic E-state index is 13.7. The Morgan fingerprint density at radius 3 is 2.39 bits per heavy atom. The van der Waals surface area contributed by atoms with Gasteiger partial charge in [-0.3, -0.25) is 9.59 Å². The molecule has 3 aromatic rings. The first kappa shape index (κ1) is 30.5. The highest BCUT2D eigenvalue weighted by atomic mass is 35.5. The van der Waals surface area contributed by atoms with Crippen molar-refractivity contribution in [3.8, 4) is 0 Å². The Kier molecular flexibility index (Phi) is 11.5. The molecule has 0 spiro atoms. The topological polar surface area (TPSA) is 113 Å². The molecule has 0 atom stereocenters. The van der Waals surface area contributed by atoms with Crippen LogP contribution in [0.25, 0.3) is 0 Å². The molecule has 1 amide bonds.